The van der Waals surface area contributed by atoms with Crippen molar-refractivity contribution >= 4 is 17.3 Å². The van der Waals surface area contributed by atoms with Gasteiger partial charge in [0.05, 0.1) is 11.4 Å². The van der Waals surface area contributed by atoms with Crippen LogP contribution in [0.5, 0.6) is 0 Å². The van der Waals surface area contributed by atoms with E-state index in [0.29, 0.717) is 5.56 Å². The number of hydrogen-bond acceptors (Lipinski definition) is 4. The number of nitrogens with one attached hydrogen (secondary N) is 1. The number of benzene rings is 1. The minimum atomic E-state index is -4.69. The van der Waals surface area contributed by atoms with Gasteiger partial charge in [0.1, 0.15) is 0 Å². The number of nitrogen functional groups attached to an aromatic ring is 1. The Balaban J connectivity index is 2.77. The van der Waals surface area contributed by atoms with Gasteiger partial charge in [-0.05, 0) is 18.2 Å². The summed E-state index contributed by atoms with van der Waals surface area (Å²) in [5.41, 5.74) is 6.34. The van der Waals surface area contributed by atoms with Gasteiger partial charge in [-0.1, -0.05) is 0 Å². The summed E-state index contributed by atoms with van der Waals surface area (Å²) < 4.78 is 36.4. The van der Waals surface area contributed by atoms with Crippen molar-refractivity contribution in [1.29, 1.82) is 0 Å². The van der Waals surface area contributed by atoms with E-state index in [1.807, 2.05) is 0 Å². The Morgan fingerprint density at radius 1 is 1.45 bits per heavy atom. The predicted molar refractivity (Wildman–Crippen MR) is 69.4 cm³/mol. The van der Waals surface area contributed by atoms with Crippen LogP contribution >= 0.6 is 0 Å². The average molecular weight is 291 g/mol. The second kappa shape index (κ2) is 6.00. The largest absolute Gasteiger partial charge is 0.416 e. The van der Waals surface area contributed by atoms with E-state index in [9.17, 15) is 18.0 Å². The van der Waals surface area contributed by atoms with Crippen molar-refractivity contribution in [3.63, 3.8) is 0 Å². The molecule has 1 aromatic rings. The van der Waals surface area contributed by atoms with E-state index in [0.717, 1.165) is 0 Å². The first-order valence-electron chi connectivity index (χ1n) is 5.72. The molecule has 20 heavy (non-hydrogen) atoms. The van der Waals surface area contributed by atoms with E-state index in [2.05, 4.69) is 5.32 Å². The molecule has 0 radical (unpaired) electrons. The molecular formula is C12H16F3N3O2. The van der Waals surface area contributed by atoms with E-state index in [1.54, 1.807) is 14.1 Å². The summed E-state index contributed by atoms with van der Waals surface area (Å²) in [7, 11) is 3.15. The molecule has 5 nitrogen and oxygen atoms in total. The van der Waals surface area contributed by atoms with Crippen LogP contribution < -0.4 is 11.1 Å². The topological polar surface area (TPSA) is 78.6 Å². The first-order valence-corrected chi connectivity index (χ1v) is 5.72. The number of amides is 1. The smallest absolute Gasteiger partial charge is 0.397 e. The fourth-order valence-electron chi connectivity index (χ4n) is 1.44. The van der Waals surface area contributed by atoms with E-state index in [4.69, 9.17) is 10.8 Å². The van der Waals surface area contributed by atoms with Crippen molar-refractivity contribution in [3.8, 4) is 0 Å². The molecule has 0 aromatic heterocycles. The van der Waals surface area contributed by atoms with Gasteiger partial charge in [-0.3, -0.25) is 4.79 Å². The molecule has 112 valence electrons. The zero-order valence-corrected chi connectivity index (χ0v) is 11.0. The lowest BCUT2D eigenvalue weighted by molar-refractivity contribution is -0.198. The molecule has 0 fully saturated rings. The third kappa shape index (κ3) is 4.02. The minimum absolute atomic E-state index is 0.132. The number of carbonyl (C=O) groups excluding carboxylic acids is 1. The van der Waals surface area contributed by atoms with Gasteiger partial charge in [0.15, 0.2) is 6.10 Å². The first kappa shape index (κ1) is 16.1. The van der Waals surface area contributed by atoms with Crippen molar-refractivity contribution < 1.29 is 23.1 Å². The second-order valence-corrected chi connectivity index (χ2v) is 4.44. The lowest BCUT2D eigenvalue weighted by atomic mass is 10.1. The Kier molecular flexibility index (Phi) is 4.83. The van der Waals surface area contributed by atoms with Crippen molar-refractivity contribution in [2.24, 2.45) is 0 Å². The molecule has 0 bridgehead atoms. The Bertz CT molecular complexity index is 489. The first-order chi connectivity index (χ1) is 9.12. The third-order valence-corrected chi connectivity index (χ3v) is 2.57. The van der Waals surface area contributed by atoms with E-state index in [1.165, 1.54) is 23.1 Å². The van der Waals surface area contributed by atoms with Crippen LogP contribution in [0.4, 0.5) is 24.5 Å². The molecule has 4 N–H and O–H groups in total. The van der Waals surface area contributed by atoms with Crippen LogP contribution in [0, 0.1) is 0 Å². The van der Waals surface area contributed by atoms with Gasteiger partial charge in [-0.2, -0.15) is 13.2 Å². The molecule has 0 aliphatic rings. The van der Waals surface area contributed by atoms with Gasteiger partial charge < -0.3 is 21.1 Å². The maximum Gasteiger partial charge on any atom is 0.416 e. The highest BCUT2D eigenvalue weighted by Crippen LogP contribution is 2.23. The van der Waals surface area contributed by atoms with E-state index in [-0.39, 0.29) is 17.3 Å². The average Bonchev–Trinajstić information content (AvgIpc) is 2.34. The number of hydrogen-bond donors (Lipinski definition) is 3. The third-order valence-electron chi connectivity index (χ3n) is 2.57. The summed E-state index contributed by atoms with van der Waals surface area (Å²) in [5, 5.41) is 11.3. The van der Waals surface area contributed by atoms with Crippen LogP contribution in [0.25, 0.3) is 0 Å². The maximum absolute atomic E-state index is 12.1. The van der Waals surface area contributed by atoms with Crippen LogP contribution in [0.3, 0.4) is 0 Å². The second-order valence-electron chi connectivity index (χ2n) is 4.44. The monoisotopic (exact) mass is 291 g/mol. The van der Waals surface area contributed by atoms with Crippen molar-refractivity contribution in [3.05, 3.63) is 23.8 Å². The molecule has 0 saturated carbocycles. The highest BCUT2D eigenvalue weighted by atomic mass is 19.4. The fourth-order valence-corrected chi connectivity index (χ4v) is 1.44. The number of aliphatic hydroxyl groups excluding tert-OH is 1. The summed E-state index contributed by atoms with van der Waals surface area (Å²) in [6.07, 6.45) is -7.17. The van der Waals surface area contributed by atoms with Crippen molar-refractivity contribution in [2.75, 3.05) is 31.7 Å². The maximum atomic E-state index is 12.1. The van der Waals surface area contributed by atoms with Crippen molar-refractivity contribution in [2.45, 2.75) is 12.3 Å². The molecule has 0 aliphatic heterocycles. The SMILES string of the molecule is CN(C)C(=O)c1ccc(NCC(O)C(F)(F)F)c(N)c1. The number of nitrogens with two attached hydrogens (primary N) is 1. The Hall–Kier alpha value is -1.96. The quantitative estimate of drug-likeness (QED) is 0.731. The minimum Gasteiger partial charge on any atom is -0.397 e. The molecule has 1 amide bonds. The Morgan fingerprint density at radius 3 is 2.50 bits per heavy atom. The highest BCUT2D eigenvalue weighted by molar-refractivity contribution is 5.95. The molecule has 0 heterocycles. The summed E-state index contributed by atoms with van der Waals surface area (Å²) >= 11 is 0. The molecule has 1 atom stereocenters. The number of alkyl halides is 3. The summed E-state index contributed by atoms with van der Waals surface area (Å²) in [4.78, 5) is 13.0. The number of aliphatic hydroxyl groups is 1. The van der Waals surface area contributed by atoms with Crippen LogP contribution in [-0.2, 0) is 0 Å². The molecule has 1 unspecified atom stereocenters. The van der Waals surface area contributed by atoms with Gasteiger partial charge >= 0.3 is 6.18 Å². The Labute approximate surface area is 114 Å². The Morgan fingerprint density at radius 2 is 2.05 bits per heavy atom. The summed E-state index contributed by atoms with van der Waals surface area (Å²) in [6, 6.07) is 4.21. The molecule has 0 saturated heterocycles. The van der Waals surface area contributed by atoms with Crippen LogP contribution in [0.15, 0.2) is 18.2 Å². The molecule has 0 spiro atoms. The fraction of sp³-hybridized carbons (Fsp3) is 0.417. The molecular weight excluding hydrogens is 275 g/mol. The van der Waals surface area contributed by atoms with Crippen molar-refractivity contribution in [1.82, 2.24) is 4.90 Å². The molecule has 8 heteroatoms. The standard InChI is InChI=1S/C12H16F3N3O2/c1-18(2)11(20)7-3-4-9(8(16)5-7)17-6-10(19)12(13,14)15/h3-5,10,17,19H,6,16H2,1-2H3. The van der Waals surface area contributed by atoms with Crippen LogP contribution in [-0.4, -0.2) is 48.8 Å². The lowest BCUT2D eigenvalue weighted by Crippen LogP contribution is -2.35. The number of halogens is 3. The van der Waals surface area contributed by atoms with E-state index >= 15 is 0 Å². The summed E-state index contributed by atoms with van der Waals surface area (Å²) in [6.45, 7) is -0.714. The van der Waals surface area contributed by atoms with Gasteiger partial charge in [-0.15, -0.1) is 0 Å². The van der Waals surface area contributed by atoms with Crippen LogP contribution in [0.1, 0.15) is 10.4 Å². The number of carbonyl (C=O) groups is 1. The molecule has 1 rings (SSSR count). The number of anilines is 2. The number of rotatable bonds is 4. The lowest BCUT2D eigenvalue weighted by Gasteiger charge is -2.17. The molecule has 1 aromatic carbocycles. The van der Waals surface area contributed by atoms with Gasteiger partial charge in [0.25, 0.3) is 5.91 Å². The highest BCUT2D eigenvalue weighted by Gasteiger charge is 2.37. The van der Waals surface area contributed by atoms with Gasteiger partial charge in [0.2, 0.25) is 0 Å². The molecule has 0 aliphatic carbocycles. The number of nitrogens with zero attached hydrogens (tertiary/aromatic N) is 1. The predicted octanol–water partition coefficient (Wildman–Crippen LogP) is 1.31. The van der Waals surface area contributed by atoms with Gasteiger partial charge in [-0.25, -0.2) is 0 Å². The summed E-state index contributed by atoms with van der Waals surface area (Å²) in [5.74, 6) is -0.265. The normalized spacial score (nSPS) is 12.9. The zero-order valence-electron chi connectivity index (χ0n) is 11.0. The van der Waals surface area contributed by atoms with Crippen LogP contribution in [0.2, 0.25) is 0 Å². The zero-order chi connectivity index (χ0) is 15.5. The van der Waals surface area contributed by atoms with Gasteiger partial charge in [0, 0.05) is 26.2 Å². The van der Waals surface area contributed by atoms with E-state index < -0.39 is 18.8 Å².